The average molecular weight is 419 g/mol. The lowest BCUT2D eigenvalue weighted by Crippen LogP contribution is -2.38. The van der Waals surface area contributed by atoms with Crippen molar-refractivity contribution < 1.29 is 18.0 Å². The maximum Gasteiger partial charge on any atom is 0.406 e. The van der Waals surface area contributed by atoms with Gasteiger partial charge in [-0.3, -0.25) is 18.8 Å². The highest BCUT2D eigenvalue weighted by Crippen LogP contribution is 2.33. The molecule has 1 fully saturated rings. The molecule has 1 aliphatic rings. The molecule has 7 nitrogen and oxygen atoms in total. The number of alkyl halides is 3. The van der Waals surface area contributed by atoms with Crippen molar-refractivity contribution in [3.8, 4) is 0 Å². The highest BCUT2D eigenvalue weighted by molar-refractivity contribution is 5.93. The maximum atomic E-state index is 13.3. The molecular weight excluding hydrogens is 399 g/mol. The smallest absolute Gasteiger partial charge is 0.327 e. The van der Waals surface area contributed by atoms with Gasteiger partial charge in [-0.2, -0.15) is 18.3 Å². The van der Waals surface area contributed by atoms with Gasteiger partial charge in [0.15, 0.2) is 0 Å². The number of benzene rings is 1. The van der Waals surface area contributed by atoms with Gasteiger partial charge in [-0.05, 0) is 38.0 Å². The summed E-state index contributed by atoms with van der Waals surface area (Å²) in [5.41, 5.74) is 0.550. The van der Waals surface area contributed by atoms with Gasteiger partial charge in [-0.25, -0.2) is 4.98 Å². The minimum Gasteiger partial charge on any atom is -0.327 e. The van der Waals surface area contributed by atoms with E-state index >= 15 is 0 Å². The molecule has 3 heterocycles. The fraction of sp³-hybridized carbons (Fsp3) is 0.400. The van der Waals surface area contributed by atoms with Crippen molar-refractivity contribution in [2.45, 2.75) is 38.5 Å². The molecule has 1 atom stereocenters. The second kappa shape index (κ2) is 7.26. The third-order valence-corrected chi connectivity index (χ3v) is 5.26. The standard InChI is InChI=1S/C20H20F3N5O2/c1-12-10-16(26(2)25-12)19(30)27-9-5-8-15(27)17-24-14-7-4-3-6-13(14)18(29)28(17)11-20(21,22)23/h3-4,6-7,10,15H,5,8-9,11H2,1-2H3. The van der Waals surface area contributed by atoms with Crippen LogP contribution in [0, 0.1) is 6.92 Å². The number of fused-ring (bicyclic) bond motifs is 1. The Morgan fingerprint density at radius 2 is 2.00 bits per heavy atom. The number of para-hydroxylation sites is 1. The topological polar surface area (TPSA) is 73.0 Å². The summed E-state index contributed by atoms with van der Waals surface area (Å²) in [5.74, 6) is -0.387. The first-order valence-corrected chi connectivity index (χ1v) is 9.53. The van der Waals surface area contributed by atoms with Crippen LogP contribution in [0.1, 0.15) is 40.9 Å². The summed E-state index contributed by atoms with van der Waals surface area (Å²) in [6, 6.07) is 7.20. The van der Waals surface area contributed by atoms with Crippen molar-refractivity contribution in [3.05, 3.63) is 57.9 Å². The van der Waals surface area contributed by atoms with Crippen molar-refractivity contribution in [3.63, 3.8) is 0 Å². The largest absolute Gasteiger partial charge is 0.406 e. The Hall–Kier alpha value is -3.17. The van der Waals surface area contributed by atoms with Crippen molar-refractivity contribution in [2.75, 3.05) is 6.54 Å². The summed E-state index contributed by atoms with van der Waals surface area (Å²) in [6.07, 6.45) is -3.58. The van der Waals surface area contributed by atoms with Crippen LogP contribution in [0.15, 0.2) is 35.1 Å². The van der Waals surface area contributed by atoms with Crippen LogP contribution in [0.2, 0.25) is 0 Å². The third kappa shape index (κ3) is 3.57. The Labute approximate surface area is 169 Å². The predicted octanol–water partition coefficient (Wildman–Crippen LogP) is 2.98. The Kier molecular flexibility index (Phi) is 4.87. The summed E-state index contributed by atoms with van der Waals surface area (Å²) in [7, 11) is 1.64. The summed E-state index contributed by atoms with van der Waals surface area (Å²) in [4.78, 5) is 31.9. The molecule has 1 unspecified atom stereocenters. The number of halogens is 3. The van der Waals surface area contributed by atoms with Gasteiger partial charge in [0.25, 0.3) is 11.5 Å². The summed E-state index contributed by atoms with van der Waals surface area (Å²) < 4.78 is 42.0. The number of carbonyl (C=O) groups excluding carboxylic acids is 1. The van der Waals surface area contributed by atoms with E-state index < -0.39 is 24.3 Å². The molecule has 0 saturated carbocycles. The van der Waals surface area contributed by atoms with E-state index in [-0.39, 0.29) is 17.1 Å². The van der Waals surface area contributed by atoms with Gasteiger partial charge < -0.3 is 4.90 Å². The third-order valence-electron chi connectivity index (χ3n) is 5.26. The molecule has 1 aromatic carbocycles. The van der Waals surface area contributed by atoms with Crippen LogP contribution in [-0.2, 0) is 13.6 Å². The lowest BCUT2D eigenvalue weighted by molar-refractivity contribution is -0.141. The van der Waals surface area contributed by atoms with E-state index in [0.717, 1.165) is 0 Å². The molecule has 158 valence electrons. The molecule has 1 aliphatic heterocycles. The zero-order chi connectivity index (χ0) is 21.6. The van der Waals surface area contributed by atoms with Gasteiger partial charge in [0, 0.05) is 13.6 Å². The molecule has 0 aliphatic carbocycles. The number of likely N-dealkylation sites (tertiary alicyclic amines) is 1. The van der Waals surface area contributed by atoms with Crippen LogP contribution in [0.4, 0.5) is 13.2 Å². The predicted molar refractivity (Wildman–Crippen MR) is 103 cm³/mol. The molecular formula is C20H20F3N5O2. The van der Waals surface area contributed by atoms with Crippen LogP contribution in [0.5, 0.6) is 0 Å². The fourth-order valence-corrected chi connectivity index (χ4v) is 4.01. The van der Waals surface area contributed by atoms with E-state index in [1.54, 1.807) is 38.2 Å². The maximum absolute atomic E-state index is 13.3. The molecule has 1 amide bonds. The number of hydrogen-bond acceptors (Lipinski definition) is 4. The van der Waals surface area contributed by atoms with Crippen molar-refractivity contribution in [1.29, 1.82) is 0 Å². The number of carbonyl (C=O) groups is 1. The fourth-order valence-electron chi connectivity index (χ4n) is 4.01. The number of hydrogen-bond donors (Lipinski definition) is 0. The molecule has 0 spiro atoms. The molecule has 3 aromatic rings. The first-order chi connectivity index (χ1) is 14.2. The van der Waals surface area contributed by atoms with Gasteiger partial charge in [0.1, 0.15) is 18.1 Å². The number of nitrogens with zero attached hydrogens (tertiary/aromatic N) is 5. The second-order valence-electron chi connectivity index (χ2n) is 7.44. The monoisotopic (exact) mass is 419 g/mol. The first-order valence-electron chi connectivity index (χ1n) is 9.53. The zero-order valence-corrected chi connectivity index (χ0v) is 16.5. The van der Waals surface area contributed by atoms with Crippen molar-refractivity contribution in [1.82, 2.24) is 24.2 Å². The lowest BCUT2D eigenvalue weighted by atomic mass is 10.1. The van der Waals surface area contributed by atoms with Gasteiger partial charge >= 0.3 is 6.18 Å². The Balaban J connectivity index is 1.84. The quantitative estimate of drug-likeness (QED) is 0.654. The molecule has 1 saturated heterocycles. The van der Waals surface area contributed by atoms with Crippen LogP contribution < -0.4 is 5.56 Å². The molecule has 4 rings (SSSR count). The van der Waals surface area contributed by atoms with E-state index in [0.29, 0.717) is 40.9 Å². The van der Waals surface area contributed by atoms with Crippen molar-refractivity contribution >= 4 is 16.8 Å². The number of rotatable bonds is 3. The Morgan fingerprint density at radius 3 is 2.67 bits per heavy atom. The minimum atomic E-state index is -4.60. The SMILES string of the molecule is Cc1cc(C(=O)N2CCCC2c2nc3ccccc3c(=O)n2CC(F)(F)F)n(C)n1. The number of aromatic nitrogens is 4. The van der Waals surface area contributed by atoms with Crippen LogP contribution >= 0.6 is 0 Å². The second-order valence-corrected chi connectivity index (χ2v) is 7.44. The van der Waals surface area contributed by atoms with Crippen molar-refractivity contribution in [2.24, 2.45) is 7.05 Å². The molecule has 0 N–H and O–H groups in total. The zero-order valence-electron chi connectivity index (χ0n) is 16.5. The number of aryl methyl sites for hydroxylation is 2. The molecule has 30 heavy (non-hydrogen) atoms. The molecule has 2 aromatic heterocycles. The lowest BCUT2D eigenvalue weighted by Gasteiger charge is -2.27. The first kappa shape index (κ1) is 20.1. The van der Waals surface area contributed by atoms with E-state index in [2.05, 4.69) is 10.1 Å². The molecule has 0 bridgehead atoms. The highest BCUT2D eigenvalue weighted by atomic mass is 19.4. The van der Waals surface area contributed by atoms with Gasteiger partial charge in [-0.1, -0.05) is 12.1 Å². The summed E-state index contributed by atoms with van der Waals surface area (Å²) >= 11 is 0. The normalized spacial score (nSPS) is 17.1. The molecule has 10 heteroatoms. The highest BCUT2D eigenvalue weighted by Gasteiger charge is 2.38. The van der Waals surface area contributed by atoms with E-state index in [4.69, 9.17) is 0 Å². The Bertz CT molecular complexity index is 1180. The summed E-state index contributed by atoms with van der Waals surface area (Å²) in [6.45, 7) is 0.662. The van der Waals surface area contributed by atoms with Gasteiger partial charge in [0.05, 0.1) is 22.6 Å². The van der Waals surface area contributed by atoms with E-state index in [1.807, 2.05) is 0 Å². The molecule has 0 radical (unpaired) electrons. The minimum absolute atomic E-state index is 0.0410. The van der Waals surface area contributed by atoms with Gasteiger partial charge in [-0.15, -0.1) is 0 Å². The van der Waals surface area contributed by atoms with E-state index in [9.17, 15) is 22.8 Å². The van der Waals surface area contributed by atoms with Gasteiger partial charge in [0.2, 0.25) is 0 Å². The summed E-state index contributed by atoms with van der Waals surface area (Å²) in [5, 5.41) is 4.29. The van der Waals surface area contributed by atoms with Crippen LogP contribution in [0.25, 0.3) is 10.9 Å². The Morgan fingerprint density at radius 1 is 1.27 bits per heavy atom. The van der Waals surface area contributed by atoms with Crippen LogP contribution in [0.3, 0.4) is 0 Å². The average Bonchev–Trinajstić information content (AvgIpc) is 3.28. The van der Waals surface area contributed by atoms with E-state index in [1.165, 1.54) is 15.6 Å². The number of amides is 1. The van der Waals surface area contributed by atoms with Crippen LogP contribution in [-0.4, -0.2) is 42.9 Å².